The van der Waals surface area contributed by atoms with Gasteiger partial charge in [-0.1, -0.05) is 72.2 Å². The largest absolute Gasteiger partial charge is 0.481 e. The fraction of sp³-hybridized carbons (Fsp3) is 0.717. The van der Waals surface area contributed by atoms with Crippen LogP contribution in [0.2, 0.25) is 5.02 Å². The van der Waals surface area contributed by atoms with Crippen molar-refractivity contribution in [1.29, 1.82) is 0 Å². The number of hydrogen-bond acceptors (Lipinski definition) is 7. The summed E-state index contributed by atoms with van der Waals surface area (Å²) >= 11 is 6.18. The smallest absolute Gasteiger partial charge is 0.397 e. The van der Waals surface area contributed by atoms with E-state index in [9.17, 15) is 29.1 Å². The predicted molar refractivity (Wildman–Crippen MR) is 210 cm³/mol. The number of esters is 2. The van der Waals surface area contributed by atoms with E-state index >= 15 is 0 Å². The van der Waals surface area contributed by atoms with Gasteiger partial charge in [-0.15, -0.1) is 0 Å². The first-order chi connectivity index (χ1) is 26.0. The summed E-state index contributed by atoms with van der Waals surface area (Å²) in [5, 5.41) is 10.2. The molecule has 1 aliphatic heterocycles. The first-order valence-corrected chi connectivity index (χ1v) is 21.4. The third kappa shape index (κ3) is 5.12. The number of morpholine rings is 1. The first-order valence-electron chi connectivity index (χ1n) is 21.0. The number of Topliss-reactive ketones (excluding diaryl/α,β-unsaturated/α-hetero) is 1. The quantitative estimate of drug-likeness (QED) is 0.215. The second-order valence-corrected chi connectivity index (χ2v) is 21.6. The van der Waals surface area contributed by atoms with Gasteiger partial charge in [-0.2, -0.15) is 0 Å². The number of amides is 1. The summed E-state index contributed by atoms with van der Waals surface area (Å²) < 4.78 is 12.6. The van der Waals surface area contributed by atoms with Crippen molar-refractivity contribution in [3.63, 3.8) is 0 Å². The molecule has 1 saturated heterocycles. The molecule has 1 aromatic rings. The normalized spacial score (nSPS) is 41.0. The lowest BCUT2D eigenvalue weighted by Crippen LogP contribution is -2.65. The molecule has 56 heavy (non-hydrogen) atoms. The molecule has 6 aliphatic carbocycles. The molecule has 0 radical (unpaired) electrons. The molecule has 10 atom stereocenters. The van der Waals surface area contributed by atoms with Crippen LogP contribution in [-0.4, -0.2) is 57.9 Å². The van der Waals surface area contributed by atoms with Crippen LogP contribution in [0.15, 0.2) is 35.4 Å². The average Bonchev–Trinajstić information content (AvgIpc) is 3.41. The van der Waals surface area contributed by atoms with Crippen molar-refractivity contribution in [3.8, 4) is 0 Å². The Morgan fingerprint density at radius 3 is 2.27 bits per heavy atom. The van der Waals surface area contributed by atoms with Crippen LogP contribution < -0.4 is 0 Å². The summed E-state index contributed by atoms with van der Waals surface area (Å²) in [5.74, 6) is -1.95. The van der Waals surface area contributed by atoms with Gasteiger partial charge in [-0.3, -0.25) is 19.2 Å². The summed E-state index contributed by atoms with van der Waals surface area (Å²) in [7, 11) is 0. The van der Waals surface area contributed by atoms with E-state index in [0.29, 0.717) is 23.3 Å². The minimum absolute atomic E-state index is 0.0245. The number of carboxylic acids is 1. The van der Waals surface area contributed by atoms with Crippen LogP contribution in [0.25, 0.3) is 0 Å². The van der Waals surface area contributed by atoms with Gasteiger partial charge in [0.25, 0.3) is 0 Å². The topological polar surface area (TPSA) is 127 Å². The van der Waals surface area contributed by atoms with Crippen molar-refractivity contribution >= 4 is 41.2 Å². The molecule has 9 nitrogen and oxygen atoms in total. The molecule has 7 aliphatic rings. The Kier molecular flexibility index (Phi) is 8.78. The van der Waals surface area contributed by atoms with E-state index in [2.05, 4.69) is 48.5 Å². The Hall–Kier alpha value is -3.20. The molecule has 2 spiro atoms. The zero-order valence-electron chi connectivity index (χ0n) is 34.7. The predicted octanol–water partition coefficient (Wildman–Crippen LogP) is 8.60. The lowest BCUT2D eigenvalue weighted by molar-refractivity contribution is -0.232. The first kappa shape index (κ1) is 39.6. The van der Waals surface area contributed by atoms with Gasteiger partial charge in [0, 0.05) is 34.7 Å². The lowest BCUT2D eigenvalue weighted by atomic mass is 9.33. The minimum atomic E-state index is -1.20. The zero-order valence-corrected chi connectivity index (χ0v) is 35.4. The molecule has 8 rings (SSSR count). The van der Waals surface area contributed by atoms with Gasteiger partial charge in [0.05, 0.1) is 18.4 Å². The van der Waals surface area contributed by atoms with E-state index in [-0.39, 0.29) is 70.8 Å². The van der Waals surface area contributed by atoms with Crippen LogP contribution in [0, 0.1) is 62.1 Å². The van der Waals surface area contributed by atoms with Gasteiger partial charge in [0.2, 0.25) is 0 Å². The Bertz CT molecular complexity index is 1950. The summed E-state index contributed by atoms with van der Waals surface area (Å²) in [6.07, 6.45) is 6.28. The molecule has 304 valence electrons. The molecule has 0 bridgehead atoms. The molecule has 6 fully saturated rings. The van der Waals surface area contributed by atoms with E-state index in [1.807, 2.05) is 12.1 Å². The molecular formula is C46H60ClNO8. The Morgan fingerprint density at radius 1 is 0.946 bits per heavy atom. The highest BCUT2D eigenvalue weighted by Gasteiger charge is 2.89. The van der Waals surface area contributed by atoms with Crippen LogP contribution in [0.1, 0.15) is 126 Å². The van der Waals surface area contributed by atoms with E-state index in [1.54, 1.807) is 30.9 Å². The molecule has 10 heteroatoms. The molecule has 5 saturated carbocycles. The number of allylic oxidation sites excluding steroid dienone is 1. The number of carbonyl (C=O) groups excluding carboxylic acids is 4. The number of rotatable bonds is 7. The maximum Gasteiger partial charge on any atom is 0.397 e. The highest BCUT2D eigenvalue weighted by molar-refractivity contribution is 6.33. The number of carbonyl (C=O) groups is 5. The molecular weight excluding hydrogens is 730 g/mol. The number of carboxylic acid groups (broad SMARTS) is 1. The Morgan fingerprint density at radius 2 is 1.62 bits per heavy atom. The van der Waals surface area contributed by atoms with Gasteiger partial charge >= 0.3 is 23.8 Å². The summed E-state index contributed by atoms with van der Waals surface area (Å²) in [5.41, 5.74) is -0.293. The number of hydrogen-bond donors (Lipinski definition) is 1. The fourth-order valence-electron chi connectivity index (χ4n) is 14.7. The van der Waals surface area contributed by atoms with E-state index in [1.165, 1.54) is 5.57 Å². The van der Waals surface area contributed by atoms with Gasteiger partial charge in [-0.25, -0.2) is 4.79 Å². The highest BCUT2D eigenvalue weighted by atomic mass is 35.5. The fourth-order valence-corrected chi connectivity index (χ4v) is 14.9. The van der Waals surface area contributed by atoms with Gasteiger partial charge in [0.15, 0.2) is 5.78 Å². The van der Waals surface area contributed by atoms with E-state index in [0.717, 1.165) is 56.1 Å². The molecule has 1 N–H and O–H groups in total. The number of ether oxygens (including phenoxy) is 2. The average molecular weight is 790 g/mol. The summed E-state index contributed by atoms with van der Waals surface area (Å²) in [6, 6.07) is 7.35. The van der Waals surface area contributed by atoms with Crippen LogP contribution in [0.3, 0.4) is 0 Å². The molecule has 1 amide bonds. The molecule has 1 heterocycles. The highest BCUT2D eigenvalue weighted by Crippen LogP contribution is 2.86. The monoisotopic (exact) mass is 789 g/mol. The van der Waals surface area contributed by atoms with Crippen LogP contribution in [0.4, 0.5) is 0 Å². The zero-order chi connectivity index (χ0) is 40.8. The number of aliphatic carboxylic acids is 1. The SMILES string of the molecule is CC(C)C1=C2[C@H]3CC[C@@H]4[C@@]5(C)CC[C@H](OC(=O)CC(C)(C)C(=O)O)C(C)(C)[C@@H]5CC[C@@]4(C)[C@]3(C)CC3C4(CN(Cc5ccc(Cl)cc5)C(=O)C(=O)O4)[C@]23CC1=O. The van der Waals surface area contributed by atoms with Gasteiger partial charge < -0.3 is 19.5 Å². The van der Waals surface area contributed by atoms with Crippen molar-refractivity contribution < 1.29 is 38.6 Å². The summed E-state index contributed by atoms with van der Waals surface area (Å²) in [4.78, 5) is 68.1. The van der Waals surface area contributed by atoms with Crippen molar-refractivity contribution in [3.05, 3.63) is 46.0 Å². The van der Waals surface area contributed by atoms with Crippen molar-refractivity contribution in [2.75, 3.05) is 6.54 Å². The molecule has 1 aromatic carbocycles. The lowest BCUT2D eigenvalue weighted by Gasteiger charge is -2.71. The third-order valence-corrected chi connectivity index (χ3v) is 17.8. The second kappa shape index (κ2) is 12.4. The number of nitrogens with zero attached hydrogens (tertiary/aromatic N) is 1. The number of benzene rings is 1. The van der Waals surface area contributed by atoms with Gasteiger partial charge in [-0.05, 0) is 128 Å². The van der Waals surface area contributed by atoms with Crippen molar-refractivity contribution in [2.24, 2.45) is 62.1 Å². The maximum atomic E-state index is 14.3. The minimum Gasteiger partial charge on any atom is -0.481 e. The summed E-state index contributed by atoms with van der Waals surface area (Å²) in [6.45, 7) is 19.8. The van der Waals surface area contributed by atoms with Crippen LogP contribution in [-0.2, 0) is 40.0 Å². The van der Waals surface area contributed by atoms with E-state index in [4.69, 9.17) is 21.1 Å². The number of halogens is 1. The third-order valence-electron chi connectivity index (χ3n) is 17.6. The number of ketones is 1. The number of fused-ring (bicyclic) bond motifs is 7. The van der Waals surface area contributed by atoms with Crippen LogP contribution >= 0.6 is 11.6 Å². The van der Waals surface area contributed by atoms with Crippen LogP contribution in [0.5, 0.6) is 0 Å². The second-order valence-electron chi connectivity index (χ2n) is 21.2. The Labute approximate surface area is 336 Å². The molecule has 2 unspecified atom stereocenters. The van der Waals surface area contributed by atoms with Crippen molar-refractivity contribution in [2.45, 2.75) is 138 Å². The van der Waals surface area contributed by atoms with E-state index < -0.39 is 40.2 Å². The maximum absolute atomic E-state index is 14.3. The van der Waals surface area contributed by atoms with Crippen molar-refractivity contribution in [1.82, 2.24) is 4.90 Å². The molecule has 0 aromatic heterocycles. The van der Waals surface area contributed by atoms with Gasteiger partial charge in [0.1, 0.15) is 11.7 Å². The standard InChI is InChI=1S/C46H60ClNO8/c1-25(2)35-29(49)20-45-32(46(45)24-48(37(51)38(52)56-46)23-26-10-12-27(47)13-11-26)21-44(9)28(36(35)45)14-15-31-42(7)18-17-33(55-34(50)22-40(3,4)39(53)54)41(5,6)30(42)16-19-43(31,44)8/h10-13,25,28,30-33H,14-24H2,1-9H3,(H,53,54)/t28-,30+,31-,32?,33+,42+,43-,44-,45+,46?/m1/s1. The Balaban J connectivity index is 1.13.